The summed E-state index contributed by atoms with van der Waals surface area (Å²) in [5, 5.41) is 2.66. The van der Waals surface area contributed by atoms with Gasteiger partial charge in [-0.1, -0.05) is 131 Å². The van der Waals surface area contributed by atoms with E-state index in [-0.39, 0.29) is 16.9 Å². The number of benzene rings is 5. The number of rotatable bonds is 1. The van der Waals surface area contributed by atoms with E-state index in [1.807, 2.05) is 0 Å². The van der Waals surface area contributed by atoms with Crippen molar-refractivity contribution in [3.8, 4) is 5.69 Å². The fourth-order valence-corrected chi connectivity index (χ4v) is 9.11. The van der Waals surface area contributed by atoms with Crippen molar-refractivity contribution in [1.82, 2.24) is 4.57 Å². The molecule has 2 heteroatoms. The maximum absolute atomic E-state index is 2.64. The van der Waals surface area contributed by atoms with E-state index >= 15 is 0 Å². The molecule has 3 aliphatic heterocycles. The molecule has 5 aromatic carbocycles. The Morgan fingerprint density at radius 3 is 2.14 bits per heavy atom. The summed E-state index contributed by atoms with van der Waals surface area (Å²) in [5.41, 5.74) is 16.3. The molecule has 0 radical (unpaired) electrons. The Morgan fingerprint density at radius 2 is 1.30 bits per heavy atom. The molecule has 0 saturated heterocycles. The van der Waals surface area contributed by atoms with Gasteiger partial charge in [0.05, 0.1) is 22.8 Å². The van der Waals surface area contributed by atoms with Crippen LogP contribution in [0.25, 0.3) is 33.1 Å². The van der Waals surface area contributed by atoms with Crippen LogP contribution in [0.5, 0.6) is 0 Å². The van der Waals surface area contributed by atoms with Crippen molar-refractivity contribution in [2.24, 2.45) is 0 Å². The predicted octanol–water partition coefficient (Wildman–Crippen LogP) is 10.3. The van der Waals surface area contributed by atoms with Crippen LogP contribution in [0.1, 0.15) is 67.0 Å². The van der Waals surface area contributed by atoms with Crippen molar-refractivity contribution < 1.29 is 0 Å². The predicted molar refractivity (Wildman–Crippen MR) is 184 cm³/mol. The van der Waals surface area contributed by atoms with Crippen LogP contribution in [0, 0.1) is 0 Å². The summed E-state index contributed by atoms with van der Waals surface area (Å²) in [6, 6.07) is 39.2. The lowest BCUT2D eigenvalue weighted by molar-refractivity contribution is 0.621. The van der Waals surface area contributed by atoms with E-state index in [1.165, 1.54) is 77.8 Å². The quantitative estimate of drug-likeness (QED) is 0.192. The Kier molecular flexibility index (Phi) is 4.48. The van der Waals surface area contributed by atoms with Gasteiger partial charge in [0, 0.05) is 38.9 Å². The van der Waals surface area contributed by atoms with Crippen LogP contribution < -0.4 is 4.90 Å². The lowest BCUT2D eigenvalue weighted by Gasteiger charge is -2.42. The summed E-state index contributed by atoms with van der Waals surface area (Å²) in [4.78, 5) is 2.64. The van der Waals surface area contributed by atoms with E-state index in [0.717, 1.165) is 0 Å². The van der Waals surface area contributed by atoms with Crippen molar-refractivity contribution in [2.45, 2.75) is 50.5 Å². The first-order chi connectivity index (χ1) is 21.4. The van der Waals surface area contributed by atoms with Crippen LogP contribution in [0.3, 0.4) is 0 Å². The van der Waals surface area contributed by atoms with Crippen molar-refractivity contribution in [1.29, 1.82) is 0 Å². The van der Waals surface area contributed by atoms with Gasteiger partial charge in [0.25, 0.3) is 0 Å². The van der Waals surface area contributed by atoms with Gasteiger partial charge >= 0.3 is 0 Å². The van der Waals surface area contributed by atoms with E-state index < -0.39 is 0 Å². The third-order valence-electron chi connectivity index (χ3n) is 11.3. The second kappa shape index (κ2) is 8.01. The molecule has 2 unspecified atom stereocenters. The molecule has 212 valence electrons. The first-order valence-corrected chi connectivity index (χ1v) is 16.0. The third-order valence-corrected chi connectivity index (χ3v) is 11.3. The van der Waals surface area contributed by atoms with Gasteiger partial charge in [-0.25, -0.2) is 0 Å². The Balaban J connectivity index is 1.18. The van der Waals surface area contributed by atoms with Crippen molar-refractivity contribution in [3.63, 3.8) is 0 Å². The zero-order valence-corrected chi connectivity index (χ0v) is 25.6. The van der Waals surface area contributed by atoms with Gasteiger partial charge in [0.2, 0.25) is 0 Å². The number of aromatic nitrogens is 1. The largest absolute Gasteiger partial charge is 0.333 e. The first-order valence-electron chi connectivity index (χ1n) is 16.0. The minimum Gasteiger partial charge on any atom is -0.333 e. The fourth-order valence-electron chi connectivity index (χ4n) is 9.11. The molecule has 4 aliphatic rings. The SMILES string of the molecule is CC1(C)c2ccccc2N2c3c(cccc31)C1C=CC(c3ccc4c5cccc6c5n(c4c3)-c3ccccc3C6(C)C)=CC12. The summed E-state index contributed by atoms with van der Waals surface area (Å²) in [6.07, 6.45) is 7.37. The Bertz CT molecular complexity index is 2310. The molecule has 6 aromatic rings. The van der Waals surface area contributed by atoms with E-state index in [9.17, 15) is 0 Å². The zero-order valence-electron chi connectivity index (χ0n) is 25.6. The normalized spacial score (nSPS) is 21.1. The zero-order chi connectivity index (χ0) is 29.5. The highest BCUT2D eigenvalue weighted by Crippen LogP contribution is 2.58. The highest BCUT2D eigenvalue weighted by Gasteiger charge is 2.47. The lowest BCUT2D eigenvalue weighted by atomic mass is 9.73. The average molecular weight is 567 g/mol. The number of fused-ring (bicyclic) bond motifs is 10. The van der Waals surface area contributed by atoms with Crippen molar-refractivity contribution in [2.75, 3.05) is 4.90 Å². The average Bonchev–Trinajstić information content (AvgIpc) is 3.56. The smallest absolute Gasteiger partial charge is 0.0635 e. The second-order valence-corrected chi connectivity index (χ2v) is 14.2. The summed E-state index contributed by atoms with van der Waals surface area (Å²) in [7, 11) is 0. The van der Waals surface area contributed by atoms with Crippen LogP contribution in [0.15, 0.2) is 121 Å². The molecule has 1 aromatic heterocycles. The maximum atomic E-state index is 2.64. The number of para-hydroxylation sites is 4. The molecule has 44 heavy (non-hydrogen) atoms. The summed E-state index contributed by atoms with van der Waals surface area (Å²) >= 11 is 0. The van der Waals surface area contributed by atoms with Crippen LogP contribution >= 0.6 is 0 Å². The van der Waals surface area contributed by atoms with Crippen molar-refractivity contribution in [3.05, 3.63) is 155 Å². The Morgan fingerprint density at radius 1 is 0.614 bits per heavy atom. The topological polar surface area (TPSA) is 8.17 Å². The van der Waals surface area contributed by atoms with Gasteiger partial charge in [-0.2, -0.15) is 0 Å². The summed E-state index contributed by atoms with van der Waals surface area (Å²) < 4.78 is 2.53. The molecule has 2 nitrogen and oxygen atoms in total. The Labute approximate surface area is 258 Å². The van der Waals surface area contributed by atoms with Crippen LogP contribution in [0.2, 0.25) is 0 Å². The van der Waals surface area contributed by atoms with E-state index in [0.29, 0.717) is 5.92 Å². The molecule has 0 fully saturated rings. The number of nitrogens with zero attached hydrogens (tertiary/aromatic N) is 2. The van der Waals surface area contributed by atoms with Gasteiger partial charge < -0.3 is 9.47 Å². The first kappa shape index (κ1) is 24.6. The molecular formula is C42H34N2. The summed E-state index contributed by atoms with van der Waals surface area (Å²) in [5.74, 6) is 0.341. The molecule has 1 aliphatic carbocycles. The highest BCUT2D eigenvalue weighted by atomic mass is 15.2. The molecule has 0 amide bonds. The standard InChI is InChI=1S/C42H34N2/c1-41(2)31-13-5-7-17-35(31)43-37-23-25(19-21-27(37)29-11-9-15-33(41)39(29)43)26-20-22-28-30-12-10-16-34-40(30)44(38(28)24-26)36-18-8-6-14-32(36)42(34,3)4/h5-24,27,37H,1-4H3. The van der Waals surface area contributed by atoms with Crippen LogP contribution in [-0.4, -0.2) is 10.6 Å². The minimum atomic E-state index is -0.0530. The molecule has 4 heterocycles. The van der Waals surface area contributed by atoms with Gasteiger partial charge in [-0.3, -0.25) is 0 Å². The van der Waals surface area contributed by atoms with Gasteiger partial charge in [-0.05, 0) is 57.2 Å². The maximum Gasteiger partial charge on any atom is 0.0635 e. The monoisotopic (exact) mass is 566 g/mol. The van der Waals surface area contributed by atoms with Gasteiger partial charge in [-0.15, -0.1) is 0 Å². The second-order valence-electron chi connectivity index (χ2n) is 14.2. The van der Waals surface area contributed by atoms with E-state index in [2.05, 4.69) is 159 Å². The highest BCUT2D eigenvalue weighted by molar-refractivity contribution is 6.12. The van der Waals surface area contributed by atoms with E-state index in [1.54, 1.807) is 0 Å². The van der Waals surface area contributed by atoms with Gasteiger partial charge in [0.1, 0.15) is 0 Å². The molecular weight excluding hydrogens is 532 g/mol. The minimum absolute atomic E-state index is 0.0324. The third kappa shape index (κ3) is 2.83. The molecule has 2 atom stereocenters. The lowest BCUT2D eigenvalue weighted by Crippen LogP contribution is -2.36. The molecule has 0 N–H and O–H groups in total. The van der Waals surface area contributed by atoms with Crippen LogP contribution in [0.4, 0.5) is 11.4 Å². The van der Waals surface area contributed by atoms with E-state index in [4.69, 9.17) is 0 Å². The Hall–Kier alpha value is -4.82. The molecule has 0 spiro atoms. The van der Waals surface area contributed by atoms with Crippen LogP contribution in [-0.2, 0) is 10.8 Å². The number of hydrogen-bond donors (Lipinski definition) is 0. The fraction of sp³-hybridized carbons (Fsp3) is 0.190. The van der Waals surface area contributed by atoms with Crippen molar-refractivity contribution >= 4 is 38.8 Å². The number of hydrogen-bond acceptors (Lipinski definition) is 1. The number of allylic oxidation sites excluding steroid dienone is 2. The summed E-state index contributed by atoms with van der Waals surface area (Å²) in [6.45, 7) is 9.50. The van der Waals surface area contributed by atoms with Gasteiger partial charge in [0.15, 0.2) is 0 Å². The number of anilines is 2. The molecule has 0 saturated carbocycles. The molecule has 10 rings (SSSR count). The molecule has 0 bridgehead atoms.